The Morgan fingerprint density at radius 2 is 1.83 bits per heavy atom. The van der Waals surface area contributed by atoms with Gasteiger partial charge < -0.3 is 0 Å². The molecule has 0 amide bonds. The SMILES string of the molecule is O=S(=O)(O)c1nc2sc(-c3ccccc3)cc2s1. The third kappa shape index (κ3) is 2.05. The van der Waals surface area contributed by atoms with Crippen molar-refractivity contribution in [3.63, 3.8) is 0 Å². The first-order valence-corrected chi connectivity index (χ1v) is 8.04. The molecule has 0 aliphatic carbocycles. The summed E-state index contributed by atoms with van der Waals surface area (Å²) in [6, 6.07) is 11.7. The second-order valence-electron chi connectivity index (χ2n) is 3.60. The summed E-state index contributed by atoms with van der Waals surface area (Å²) in [5, 5.41) is 0. The highest BCUT2D eigenvalue weighted by atomic mass is 32.3. The first-order valence-electron chi connectivity index (χ1n) is 4.97. The van der Waals surface area contributed by atoms with Crippen LogP contribution in [0.4, 0.5) is 0 Å². The van der Waals surface area contributed by atoms with Crippen LogP contribution in [0.25, 0.3) is 20.0 Å². The average Bonchev–Trinajstić information content (AvgIpc) is 2.86. The van der Waals surface area contributed by atoms with Crippen molar-refractivity contribution in [2.45, 2.75) is 4.34 Å². The van der Waals surface area contributed by atoms with Gasteiger partial charge in [0.25, 0.3) is 0 Å². The molecule has 0 aliphatic rings. The molecule has 4 nitrogen and oxygen atoms in total. The second kappa shape index (κ2) is 4.13. The summed E-state index contributed by atoms with van der Waals surface area (Å²) in [6.45, 7) is 0. The quantitative estimate of drug-likeness (QED) is 0.737. The molecule has 0 fully saturated rings. The Balaban J connectivity index is 2.12. The van der Waals surface area contributed by atoms with E-state index in [0.717, 1.165) is 26.5 Å². The van der Waals surface area contributed by atoms with E-state index in [9.17, 15) is 8.42 Å². The molecule has 0 aliphatic heterocycles. The van der Waals surface area contributed by atoms with Crippen molar-refractivity contribution < 1.29 is 13.0 Å². The fraction of sp³-hybridized carbons (Fsp3) is 0. The minimum Gasteiger partial charge on any atom is -0.280 e. The highest BCUT2D eigenvalue weighted by Gasteiger charge is 2.18. The molecular weight excluding hydrogens is 290 g/mol. The third-order valence-corrected chi connectivity index (χ3v) is 5.77. The molecule has 3 rings (SSSR count). The van der Waals surface area contributed by atoms with E-state index < -0.39 is 10.1 Å². The lowest BCUT2D eigenvalue weighted by molar-refractivity contribution is 0.482. The van der Waals surface area contributed by atoms with Crippen molar-refractivity contribution in [2.24, 2.45) is 0 Å². The van der Waals surface area contributed by atoms with Gasteiger partial charge in [0.15, 0.2) is 0 Å². The predicted molar refractivity (Wildman–Crippen MR) is 72.7 cm³/mol. The Morgan fingerprint density at radius 3 is 2.44 bits per heavy atom. The zero-order chi connectivity index (χ0) is 12.8. The van der Waals surface area contributed by atoms with Gasteiger partial charge in [-0.3, -0.25) is 4.55 Å². The largest absolute Gasteiger partial charge is 0.322 e. The van der Waals surface area contributed by atoms with Crippen LogP contribution in [0.1, 0.15) is 0 Å². The average molecular weight is 297 g/mol. The summed E-state index contributed by atoms with van der Waals surface area (Å²) in [7, 11) is -4.20. The number of hydrogen-bond donors (Lipinski definition) is 1. The first kappa shape index (κ1) is 11.8. The van der Waals surface area contributed by atoms with E-state index in [1.54, 1.807) is 0 Å². The zero-order valence-corrected chi connectivity index (χ0v) is 11.3. The van der Waals surface area contributed by atoms with E-state index in [-0.39, 0.29) is 4.34 Å². The Hall–Kier alpha value is -1.28. The van der Waals surface area contributed by atoms with Gasteiger partial charge in [-0.1, -0.05) is 41.7 Å². The topological polar surface area (TPSA) is 67.3 Å². The molecule has 2 aromatic heterocycles. The summed E-state index contributed by atoms with van der Waals surface area (Å²) >= 11 is 2.39. The van der Waals surface area contributed by atoms with Gasteiger partial charge in [-0.15, -0.1) is 11.3 Å². The number of nitrogens with zero attached hydrogens (tertiary/aromatic N) is 1. The maximum atomic E-state index is 11.0. The fourth-order valence-electron chi connectivity index (χ4n) is 1.57. The second-order valence-corrected chi connectivity index (χ2v) is 7.26. The molecule has 0 bridgehead atoms. The van der Waals surface area contributed by atoms with Gasteiger partial charge >= 0.3 is 10.1 Å². The van der Waals surface area contributed by atoms with Gasteiger partial charge in [0.2, 0.25) is 4.34 Å². The smallest absolute Gasteiger partial charge is 0.280 e. The van der Waals surface area contributed by atoms with Crippen LogP contribution in [-0.4, -0.2) is 18.0 Å². The van der Waals surface area contributed by atoms with Crippen LogP contribution in [0.5, 0.6) is 0 Å². The summed E-state index contributed by atoms with van der Waals surface area (Å²) in [5.74, 6) is 0. The molecule has 0 saturated carbocycles. The molecule has 18 heavy (non-hydrogen) atoms. The first-order chi connectivity index (χ1) is 8.54. The Morgan fingerprint density at radius 1 is 1.11 bits per heavy atom. The van der Waals surface area contributed by atoms with E-state index in [4.69, 9.17) is 4.55 Å². The molecule has 0 radical (unpaired) electrons. The van der Waals surface area contributed by atoms with Crippen LogP contribution in [0, 0.1) is 0 Å². The van der Waals surface area contributed by atoms with Crippen LogP contribution >= 0.6 is 22.7 Å². The van der Waals surface area contributed by atoms with E-state index in [1.165, 1.54) is 11.3 Å². The van der Waals surface area contributed by atoms with Crippen molar-refractivity contribution in [3.8, 4) is 10.4 Å². The van der Waals surface area contributed by atoms with Gasteiger partial charge in [-0.05, 0) is 11.6 Å². The van der Waals surface area contributed by atoms with Crippen molar-refractivity contribution in [1.82, 2.24) is 4.98 Å². The molecule has 0 unspecified atom stereocenters. The van der Waals surface area contributed by atoms with Gasteiger partial charge in [0, 0.05) is 4.88 Å². The lowest BCUT2D eigenvalue weighted by atomic mass is 10.2. The highest BCUT2D eigenvalue weighted by Crippen LogP contribution is 2.37. The molecule has 0 saturated heterocycles. The van der Waals surface area contributed by atoms with Gasteiger partial charge in [-0.2, -0.15) is 8.42 Å². The molecule has 2 heterocycles. The highest BCUT2D eigenvalue weighted by molar-refractivity contribution is 7.88. The van der Waals surface area contributed by atoms with E-state index in [1.807, 2.05) is 36.4 Å². The lowest BCUT2D eigenvalue weighted by Gasteiger charge is -1.94. The summed E-state index contributed by atoms with van der Waals surface area (Å²) in [6.07, 6.45) is 0. The van der Waals surface area contributed by atoms with E-state index >= 15 is 0 Å². The zero-order valence-electron chi connectivity index (χ0n) is 8.90. The molecule has 1 aromatic carbocycles. The Labute approximate surface area is 111 Å². The van der Waals surface area contributed by atoms with Gasteiger partial charge in [0.1, 0.15) is 4.83 Å². The van der Waals surface area contributed by atoms with Crippen LogP contribution < -0.4 is 0 Å². The van der Waals surface area contributed by atoms with Crippen LogP contribution in [0.3, 0.4) is 0 Å². The molecule has 3 aromatic rings. The van der Waals surface area contributed by atoms with E-state index in [0.29, 0.717) is 4.83 Å². The lowest BCUT2D eigenvalue weighted by Crippen LogP contribution is -1.95. The maximum absolute atomic E-state index is 11.0. The van der Waals surface area contributed by atoms with Crippen molar-refractivity contribution >= 4 is 42.3 Å². The number of thiazole rings is 1. The van der Waals surface area contributed by atoms with Gasteiger partial charge in [-0.25, -0.2) is 4.98 Å². The van der Waals surface area contributed by atoms with Crippen molar-refractivity contribution in [3.05, 3.63) is 36.4 Å². The number of fused-ring (bicyclic) bond motifs is 1. The fourth-order valence-corrected chi connectivity index (χ4v) is 4.48. The van der Waals surface area contributed by atoms with Crippen LogP contribution in [0.15, 0.2) is 40.7 Å². The summed E-state index contributed by atoms with van der Waals surface area (Å²) in [4.78, 5) is 5.59. The molecule has 0 atom stereocenters. The van der Waals surface area contributed by atoms with Gasteiger partial charge in [0.05, 0.1) is 4.70 Å². The summed E-state index contributed by atoms with van der Waals surface area (Å²) < 4.78 is 31.4. The third-order valence-electron chi connectivity index (χ3n) is 2.35. The number of benzene rings is 1. The van der Waals surface area contributed by atoms with Crippen LogP contribution in [0.2, 0.25) is 0 Å². The molecular formula is C11H7NO3S3. The number of hydrogen-bond acceptors (Lipinski definition) is 5. The molecule has 7 heteroatoms. The Bertz CT molecular complexity index is 771. The molecule has 0 spiro atoms. The molecule has 1 N–H and O–H groups in total. The minimum absolute atomic E-state index is 0.247. The summed E-state index contributed by atoms with van der Waals surface area (Å²) in [5.41, 5.74) is 1.07. The molecule has 92 valence electrons. The number of aromatic nitrogens is 1. The predicted octanol–water partition coefficient (Wildman–Crippen LogP) is 3.27. The normalized spacial score (nSPS) is 12.1. The Kier molecular flexibility index (Phi) is 2.70. The van der Waals surface area contributed by atoms with Crippen molar-refractivity contribution in [1.29, 1.82) is 0 Å². The minimum atomic E-state index is -4.20. The monoisotopic (exact) mass is 297 g/mol. The maximum Gasteiger partial charge on any atom is 0.322 e. The number of thiophene rings is 1. The van der Waals surface area contributed by atoms with E-state index in [2.05, 4.69) is 4.98 Å². The van der Waals surface area contributed by atoms with Crippen LogP contribution in [-0.2, 0) is 10.1 Å². The van der Waals surface area contributed by atoms with Crippen molar-refractivity contribution in [2.75, 3.05) is 0 Å². The standard InChI is InChI=1S/C11H7NO3S3/c13-18(14,15)11-12-10-9(17-11)6-8(16-10)7-4-2-1-3-5-7/h1-6H,(H,13,14,15). The number of rotatable bonds is 2.